The maximum absolute atomic E-state index is 6.37. The van der Waals surface area contributed by atoms with E-state index >= 15 is 0 Å². The van der Waals surface area contributed by atoms with Gasteiger partial charge in [0.1, 0.15) is 0 Å². The summed E-state index contributed by atoms with van der Waals surface area (Å²) in [4.78, 5) is 5.89. The lowest BCUT2D eigenvalue weighted by Crippen LogP contribution is -2.07. The molecule has 2 nitrogen and oxygen atoms in total. The lowest BCUT2D eigenvalue weighted by molar-refractivity contribution is 0.648. The topological polar surface area (TPSA) is 20.7 Å². The van der Waals surface area contributed by atoms with Crippen LogP contribution in [0, 0.1) is 18.6 Å². The third-order valence-electron chi connectivity index (χ3n) is 3.60. The highest BCUT2D eigenvalue weighted by Crippen LogP contribution is 2.33. The van der Waals surface area contributed by atoms with Crippen molar-refractivity contribution in [3.05, 3.63) is 49.4 Å². The quantitative estimate of drug-likeness (QED) is 0.605. The molecule has 5 heteroatoms. The van der Waals surface area contributed by atoms with Gasteiger partial charge in [-0.2, -0.15) is 0 Å². The largest absolute Gasteiger partial charge is 0.331 e. The molecule has 3 rings (SSSR count). The molecule has 1 N–H and O–H groups in total. The number of H-pyrrole nitrogens is 1. The van der Waals surface area contributed by atoms with Crippen LogP contribution in [-0.2, 0) is 0 Å². The van der Waals surface area contributed by atoms with Gasteiger partial charge in [0.2, 0.25) is 0 Å². The number of rotatable bonds is 2. The Labute approximate surface area is 132 Å². The number of hydrogen-bond acceptors (Lipinski definition) is 2. The minimum atomic E-state index is 0.168. The van der Waals surface area contributed by atoms with Crippen LogP contribution in [0.4, 0.5) is 0 Å². The predicted molar refractivity (Wildman–Crippen MR) is 89.7 cm³/mol. The number of benzene rings is 1. The van der Waals surface area contributed by atoms with Crippen molar-refractivity contribution in [2.24, 2.45) is 0 Å². The molecule has 2 aromatic heterocycles. The SMILES string of the molecule is Cc1cc(C(C)n2c(=S)[nH]c3cccc(Cl)c32)c(C)s1. The van der Waals surface area contributed by atoms with Crippen molar-refractivity contribution in [2.45, 2.75) is 26.8 Å². The summed E-state index contributed by atoms with van der Waals surface area (Å²) in [6, 6.07) is 8.25. The first-order valence-electron chi connectivity index (χ1n) is 6.44. The van der Waals surface area contributed by atoms with E-state index in [1.807, 2.05) is 29.5 Å². The Morgan fingerprint density at radius 1 is 1.35 bits per heavy atom. The number of para-hydroxylation sites is 1. The molecule has 0 spiro atoms. The molecule has 0 saturated carbocycles. The molecular weight excluding hydrogens is 308 g/mol. The first kappa shape index (κ1) is 13.9. The smallest absolute Gasteiger partial charge is 0.178 e. The maximum Gasteiger partial charge on any atom is 0.178 e. The zero-order valence-electron chi connectivity index (χ0n) is 11.5. The van der Waals surface area contributed by atoms with E-state index in [0.29, 0.717) is 4.77 Å². The van der Waals surface area contributed by atoms with Crippen LogP contribution in [0.2, 0.25) is 5.02 Å². The van der Waals surface area contributed by atoms with Gasteiger partial charge in [-0.25, -0.2) is 0 Å². The second-order valence-electron chi connectivity index (χ2n) is 4.98. The molecule has 104 valence electrons. The van der Waals surface area contributed by atoms with Crippen molar-refractivity contribution in [1.29, 1.82) is 0 Å². The second kappa shape index (κ2) is 5.02. The Kier molecular flexibility index (Phi) is 3.48. The molecule has 2 heterocycles. The number of aromatic amines is 1. The van der Waals surface area contributed by atoms with E-state index in [0.717, 1.165) is 16.1 Å². The van der Waals surface area contributed by atoms with Gasteiger partial charge in [-0.15, -0.1) is 11.3 Å². The van der Waals surface area contributed by atoms with Gasteiger partial charge >= 0.3 is 0 Å². The number of imidazole rings is 1. The molecule has 0 saturated heterocycles. The standard InChI is InChI=1S/C15H15ClN2S2/c1-8-7-11(10(3)20-8)9(2)18-14-12(16)5-4-6-13(14)17-15(18)19/h4-7,9H,1-3H3,(H,17,19). The monoisotopic (exact) mass is 322 g/mol. The highest BCUT2D eigenvalue weighted by atomic mass is 35.5. The van der Waals surface area contributed by atoms with Gasteiger partial charge in [0.25, 0.3) is 0 Å². The Hall–Kier alpha value is -1.10. The summed E-state index contributed by atoms with van der Waals surface area (Å²) in [6.07, 6.45) is 0. The van der Waals surface area contributed by atoms with Crippen molar-refractivity contribution < 1.29 is 0 Å². The molecule has 0 aliphatic rings. The summed E-state index contributed by atoms with van der Waals surface area (Å²) in [5, 5.41) is 0.728. The zero-order chi connectivity index (χ0) is 14.4. The van der Waals surface area contributed by atoms with Gasteiger partial charge in [0.05, 0.1) is 22.1 Å². The number of fused-ring (bicyclic) bond motifs is 1. The van der Waals surface area contributed by atoms with Crippen LogP contribution in [0.15, 0.2) is 24.3 Å². The van der Waals surface area contributed by atoms with Crippen molar-refractivity contribution in [2.75, 3.05) is 0 Å². The number of hydrogen-bond donors (Lipinski definition) is 1. The summed E-state index contributed by atoms with van der Waals surface area (Å²) in [5.41, 5.74) is 3.28. The fourth-order valence-electron chi connectivity index (χ4n) is 2.71. The van der Waals surface area contributed by atoms with Gasteiger partial charge in [-0.3, -0.25) is 0 Å². The number of nitrogens with one attached hydrogen (secondary N) is 1. The highest BCUT2D eigenvalue weighted by Gasteiger charge is 2.18. The lowest BCUT2D eigenvalue weighted by Gasteiger charge is -2.15. The molecule has 1 unspecified atom stereocenters. The van der Waals surface area contributed by atoms with Gasteiger partial charge in [-0.05, 0) is 56.8 Å². The number of aryl methyl sites for hydroxylation is 2. The molecule has 0 radical (unpaired) electrons. The number of nitrogens with zero attached hydrogens (tertiary/aromatic N) is 1. The Balaban J connectivity index is 2.27. The van der Waals surface area contributed by atoms with E-state index < -0.39 is 0 Å². The summed E-state index contributed by atoms with van der Waals surface area (Å²) in [5.74, 6) is 0. The number of halogens is 1. The Morgan fingerprint density at radius 2 is 2.10 bits per heavy atom. The van der Waals surface area contributed by atoms with Crippen LogP contribution >= 0.6 is 35.2 Å². The third-order valence-corrected chi connectivity index (χ3v) is 5.19. The fraction of sp³-hybridized carbons (Fsp3) is 0.267. The van der Waals surface area contributed by atoms with Gasteiger partial charge < -0.3 is 9.55 Å². The average Bonchev–Trinajstić information content (AvgIpc) is 2.89. The summed E-state index contributed by atoms with van der Waals surface area (Å²) in [7, 11) is 0. The fourth-order valence-corrected chi connectivity index (χ4v) is 4.35. The first-order chi connectivity index (χ1) is 9.49. The molecule has 0 aliphatic heterocycles. The molecule has 1 atom stereocenters. The molecule has 0 aliphatic carbocycles. The van der Waals surface area contributed by atoms with E-state index in [4.69, 9.17) is 23.8 Å². The summed E-state index contributed by atoms with van der Waals surface area (Å²) < 4.78 is 2.82. The van der Waals surface area contributed by atoms with Crippen molar-refractivity contribution in [3.63, 3.8) is 0 Å². The third kappa shape index (κ3) is 2.12. The predicted octanol–water partition coefficient (Wildman–Crippen LogP) is 5.64. The van der Waals surface area contributed by atoms with E-state index in [9.17, 15) is 0 Å². The molecule has 0 amide bonds. The zero-order valence-corrected chi connectivity index (χ0v) is 13.9. The molecule has 0 bridgehead atoms. The Morgan fingerprint density at radius 3 is 2.75 bits per heavy atom. The highest BCUT2D eigenvalue weighted by molar-refractivity contribution is 7.71. The van der Waals surface area contributed by atoms with E-state index in [1.165, 1.54) is 15.3 Å². The van der Waals surface area contributed by atoms with Gasteiger partial charge in [-0.1, -0.05) is 17.7 Å². The molecule has 20 heavy (non-hydrogen) atoms. The molecule has 0 fully saturated rings. The van der Waals surface area contributed by atoms with Crippen LogP contribution < -0.4 is 0 Å². The maximum atomic E-state index is 6.37. The number of thiophene rings is 1. The van der Waals surface area contributed by atoms with Crippen LogP contribution in [0.3, 0.4) is 0 Å². The van der Waals surface area contributed by atoms with E-state index in [-0.39, 0.29) is 6.04 Å². The molecule has 1 aromatic carbocycles. The second-order valence-corrected chi connectivity index (χ2v) is 7.24. The first-order valence-corrected chi connectivity index (χ1v) is 8.05. The van der Waals surface area contributed by atoms with Crippen molar-refractivity contribution >= 4 is 46.2 Å². The van der Waals surface area contributed by atoms with Crippen LogP contribution in [0.5, 0.6) is 0 Å². The van der Waals surface area contributed by atoms with Gasteiger partial charge in [0, 0.05) is 9.75 Å². The van der Waals surface area contributed by atoms with Crippen LogP contribution in [0.1, 0.15) is 28.3 Å². The minimum Gasteiger partial charge on any atom is -0.331 e. The van der Waals surface area contributed by atoms with Crippen LogP contribution in [-0.4, -0.2) is 9.55 Å². The van der Waals surface area contributed by atoms with Crippen molar-refractivity contribution in [1.82, 2.24) is 9.55 Å². The summed E-state index contributed by atoms with van der Waals surface area (Å²) >= 11 is 13.7. The Bertz CT molecular complexity index is 841. The lowest BCUT2D eigenvalue weighted by atomic mass is 10.1. The van der Waals surface area contributed by atoms with E-state index in [1.54, 1.807) is 0 Å². The average molecular weight is 323 g/mol. The molecular formula is C15H15ClN2S2. The summed E-state index contributed by atoms with van der Waals surface area (Å²) in [6.45, 7) is 6.46. The minimum absolute atomic E-state index is 0.168. The molecule has 3 aromatic rings. The van der Waals surface area contributed by atoms with Gasteiger partial charge in [0.15, 0.2) is 4.77 Å². The van der Waals surface area contributed by atoms with Crippen molar-refractivity contribution in [3.8, 4) is 0 Å². The van der Waals surface area contributed by atoms with E-state index in [2.05, 4.69) is 36.4 Å². The van der Waals surface area contributed by atoms with Crippen LogP contribution in [0.25, 0.3) is 11.0 Å². The normalized spacial score (nSPS) is 13.0. The number of aromatic nitrogens is 2.